The van der Waals surface area contributed by atoms with E-state index in [9.17, 15) is 9.18 Å². The zero-order valence-corrected chi connectivity index (χ0v) is 18.6. The van der Waals surface area contributed by atoms with Gasteiger partial charge in [-0.25, -0.2) is 9.18 Å². The quantitative estimate of drug-likeness (QED) is 0.566. The van der Waals surface area contributed by atoms with Gasteiger partial charge in [-0.15, -0.1) is 5.10 Å². The summed E-state index contributed by atoms with van der Waals surface area (Å²) in [6.45, 7) is 3.95. The maximum Gasteiger partial charge on any atom is 0.323 e. The van der Waals surface area contributed by atoms with Gasteiger partial charge in [-0.3, -0.25) is 5.32 Å². The second-order valence-electron chi connectivity index (χ2n) is 8.15. The standard InChI is InChI=1S/C26H27FN4O2/c1-19-18-31(26(32)29-25-6-3-13-28-30-25)14-11-22(19)16-21-4-2-5-24(17-21)33-15-12-20-7-9-23(27)10-8-20/h2-10,13,16-17,19H,11-12,14-15,18H2,1H3,(H,29,30,32)/b22-16+. The number of rotatable bonds is 6. The van der Waals surface area contributed by atoms with Gasteiger partial charge < -0.3 is 9.64 Å². The highest BCUT2D eigenvalue weighted by atomic mass is 19.1. The number of likely N-dealkylation sites (tertiary alicyclic amines) is 1. The van der Waals surface area contributed by atoms with E-state index < -0.39 is 0 Å². The molecule has 0 bridgehead atoms. The van der Waals surface area contributed by atoms with E-state index in [1.165, 1.54) is 17.7 Å². The molecular formula is C26H27FN4O2. The average Bonchev–Trinajstić information content (AvgIpc) is 2.82. The SMILES string of the molecule is CC1CN(C(=O)Nc2cccnn2)CC/C1=C\c1cccc(OCCc2ccc(F)cc2)c1. The molecule has 33 heavy (non-hydrogen) atoms. The Balaban J connectivity index is 1.31. The third-order valence-electron chi connectivity index (χ3n) is 5.68. The second-order valence-corrected chi connectivity index (χ2v) is 8.15. The van der Waals surface area contributed by atoms with Crippen LogP contribution in [-0.2, 0) is 6.42 Å². The number of nitrogens with zero attached hydrogens (tertiary/aromatic N) is 3. The van der Waals surface area contributed by atoms with E-state index in [0.29, 0.717) is 25.5 Å². The molecule has 2 amide bonds. The zero-order chi connectivity index (χ0) is 23.0. The van der Waals surface area contributed by atoms with Gasteiger partial charge in [0.1, 0.15) is 11.6 Å². The average molecular weight is 447 g/mol. The third kappa shape index (κ3) is 6.38. The summed E-state index contributed by atoms with van der Waals surface area (Å²) >= 11 is 0. The highest BCUT2D eigenvalue weighted by Crippen LogP contribution is 2.26. The van der Waals surface area contributed by atoms with E-state index in [2.05, 4.69) is 34.6 Å². The van der Waals surface area contributed by atoms with Crippen molar-refractivity contribution < 1.29 is 13.9 Å². The predicted octanol–water partition coefficient (Wildman–Crippen LogP) is 5.19. The van der Waals surface area contributed by atoms with Crippen LogP contribution >= 0.6 is 0 Å². The highest BCUT2D eigenvalue weighted by molar-refractivity contribution is 5.88. The summed E-state index contributed by atoms with van der Waals surface area (Å²) in [5.74, 6) is 1.27. The number of halogens is 1. The molecule has 1 atom stereocenters. The van der Waals surface area contributed by atoms with Gasteiger partial charge in [0.15, 0.2) is 5.82 Å². The molecule has 170 valence electrons. The van der Waals surface area contributed by atoms with Gasteiger partial charge in [-0.2, -0.15) is 5.10 Å². The largest absolute Gasteiger partial charge is 0.493 e. The lowest BCUT2D eigenvalue weighted by atomic mass is 9.91. The smallest absolute Gasteiger partial charge is 0.323 e. The highest BCUT2D eigenvalue weighted by Gasteiger charge is 2.24. The van der Waals surface area contributed by atoms with Crippen LogP contribution in [0.4, 0.5) is 15.0 Å². The number of hydrogen-bond acceptors (Lipinski definition) is 4. The molecule has 7 heteroatoms. The number of piperidine rings is 1. The van der Waals surface area contributed by atoms with E-state index in [-0.39, 0.29) is 17.8 Å². The maximum absolute atomic E-state index is 13.0. The lowest BCUT2D eigenvalue weighted by Gasteiger charge is -2.33. The van der Waals surface area contributed by atoms with Crippen molar-refractivity contribution >= 4 is 17.9 Å². The minimum absolute atomic E-state index is 0.155. The van der Waals surface area contributed by atoms with Gasteiger partial charge in [0.05, 0.1) is 6.61 Å². The molecule has 1 unspecified atom stereocenters. The van der Waals surface area contributed by atoms with Gasteiger partial charge in [0.25, 0.3) is 0 Å². The molecule has 0 saturated carbocycles. The first-order valence-electron chi connectivity index (χ1n) is 11.1. The molecule has 1 aliphatic rings. The Morgan fingerprint density at radius 3 is 2.82 bits per heavy atom. The molecule has 2 aromatic carbocycles. The van der Waals surface area contributed by atoms with E-state index >= 15 is 0 Å². The van der Waals surface area contributed by atoms with Crippen molar-refractivity contribution in [1.29, 1.82) is 0 Å². The van der Waals surface area contributed by atoms with Crippen LogP contribution in [-0.4, -0.2) is 40.8 Å². The fraction of sp³-hybridized carbons (Fsp3) is 0.269. The predicted molar refractivity (Wildman–Crippen MR) is 126 cm³/mol. The van der Waals surface area contributed by atoms with E-state index in [4.69, 9.17) is 4.74 Å². The topological polar surface area (TPSA) is 67.4 Å². The van der Waals surface area contributed by atoms with Crippen LogP contribution in [0.25, 0.3) is 6.08 Å². The molecule has 3 aromatic rings. The molecule has 0 aliphatic carbocycles. The number of aromatic nitrogens is 2. The lowest BCUT2D eigenvalue weighted by molar-refractivity contribution is 0.197. The normalized spacial score (nSPS) is 17.1. The molecule has 6 nitrogen and oxygen atoms in total. The molecule has 1 aliphatic heterocycles. The molecule has 4 rings (SSSR count). The van der Waals surface area contributed by atoms with Crippen LogP contribution in [0.15, 0.2) is 72.4 Å². The Morgan fingerprint density at radius 1 is 1.21 bits per heavy atom. The van der Waals surface area contributed by atoms with E-state index in [0.717, 1.165) is 29.7 Å². The van der Waals surface area contributed by atoms with Crippen LogP contribution in [0, 0.1) is 11.7 Å². The number of urea groups is 1. The number of anilines is 1. The number of ether oxygens (including phenoxy) is 1. The third-order valence-corrected chi connectivity index (χ3v) is 5.68. The van der Waals surface area contributed by atoms with Crippen molar-refractivity contribution in [2.75, 3.05) is 25.0 Å². The first-order chi connectivity index (χ1) is 16.1. The summed E-state index contributed by atoms with van der Waals surface area (Å²) in [6.07, 6.45) is 5.29. The van der Waals surface area contributed by atoms with Crippen LogP contribution in [0.2, 0.25) is 0 Å². The number of carbonyl (C=O) groups is 1. The summed E-state index contributed by atoms with van der Waals surface area (Å²) in [4.78, 5) is 14.3. The summed E-state index contributed by atoms with van der Waals surface area (Å²) in [6, 6.07) is 17.8. The van der Waals surface area contributed by atoms with Crippen molar-refractivity contribution in [2.45, 2.75) is 19.8 Å². The van der Waals surface area contributed by atoms with Crippen LogP contribution in [0.5, 0.6) is 5.75 Å². The molecule has 1 saturated heterocycles. The van der Waals surface area contributed by atoms with Gasteiger partial charge >= 0.3 is 6.03 Å². The Morgan fingerprint density at radius 2 is 2.06 bits per heavy atom. The minimum Gasteiger partial charge on any atom is -0.493 e. The first kappa shape index (κ1) is 22.5. The first-order valence-corrected chi connectivity index (χ1v) is 11.1. The molecule has 0 spiro atoms. The molecule has 1 aromatic heterocycles. The molecular weight excluding hydrogens is 419 g/mol. The zero-order valence-electron chi connectivity index (χ0n) is 18.6. The monoisotopic (exact) mass is 446 g/mol. The van der Waals surface area contributed by atoms with Crippen LogP contribution < -0.4 is 10.1 Å². The number of amides is 2. The second kappa shape index (κ2) is 10.7. The van der Waals surface area contributed by atoms with Gasteiger partial charge in [-0.05, 0) is 59.9 Å². The molecule has 0 radical (unpaired) electrons. The van der Waals surface area contributed by atoms with Crippen molar-refractivity contribution in [3.05, 3.63) is 89.4 Å². The number of benzene rings is 2. The number of carbonyl (C=O) groups excluding carboxylic acids is 1. The lowest BCUT2D eigenvalue weighted by Crippen LogP contribution is -2.42. The molecule has 1 N–H and O–H groups in total. The molecule has 1 fully saturated rings. The summed E-state index contributed by atoms with van der Waals surface area (Å²) in [7, 11) is 0. The van der Waals surface area contributed by atoms with Crippen molar-refractivity contribution in [2.24, 2.45) is 5.92 Å². The summed E-state index contributed by atoms with van der Waals surface area (Å²) < 4.78 is 18.9. The van der Waals surface area contributed by atoms with Crippen molar-refractivity contribution in [3.8, 4) is 5.75 Å². The van der Waals surface area contributed by atoms with E-state index in [1.807, 2.05) is 23.1 Å². The maximum atomic E-state index is 13.0. The van der Waals surface area contributed by atoms with E-state index in [1.54, 1.807) is 30.5 Å². The summed E-state index contributed by atoms with van der Waals surface area (Å²) in [5, 5.41) is 10.5. The Labute approximate surface area is 193 Å². The number of nitrogens with one attached hydrogen (secondary N) is 1. The fourth-order valence-corrected chi connectivity index (χ4v) is 3.85. The fourth-order valence-electron chi connectivity index (χ4n) is 3.85. The Kier molecular flexibility index (Phi) is 7.29. The minimum atomic E-state index is -0.230. The van der Waals surface area contributed by atoms with Gasteiger partial charge in [-0.1, -0.05) is 42.8 Å². The van der Waals surface area contributed by atoms with Crippen molar-refractivity contribution in [3.63, 3.8) is 0 Å². The van der Waals surface area contributed by atoms with Gasteiger partial charge in [0, 0.05) is 25.7 Å². The van der Waals surface area contributed by atoms with Gasteiger partial charge in [0.2, 0.25) is 0 Å². The number of hydrogen-bond donors (Lipinski definition) is 1. The van der Waals surface area contributed by atoms with Crippen LogP contribution in [0.3, 0.4) is 0 Å². The summed E-state index contributed by atoms with van der Waals surface area (Å²) in [5.41, 5.74) is 3.43. The molecule has 2 heterocycles. The Bertz CT molecular complexity index is 1100. The van der Waals surface area contributed by atoms with Crippen LogP contribution in [0.1, 0.15) is 24.5 Å². The Hall–Kier alpha value is -3.74. The van der Waals surface area contributed by atoms with Crippen molar-refractivity contribution in [1.82, 2.24) is 15.1 Å².